The van der Waals surface area contributed by atoms with Gasteiger partial charge < -0.3 is 10.1 Å². The highest BCUT2D eigenvalue weighted by Crippen LogP contribution is 2.14. The molecule has 21 heavy (non-hydrogen) atoms. The maximum absolute atomic E-state index is 12.9. The lowest BCUT2D eigenvalue weighted by molar-refractivity contribution is 0.415. The van der Waals surface area contributed by atoms with Crippen LogP contribution in [0.3, 0.4) is 0 Å². The molecule has 0 fully saturated rings. The first-order chi connectivity index (χ1) is 10.2. The SMILES string of the molecule is COc1ccc(NC(=S)N/N=C/c2ccnc(F)c2)cc1. The first kappa shape index (κ1) is 14.9. The summed E-state index contributed by atoms with van der Waals surface area (Å²) in [5.74, 6) is 0.204. The number of pyridine rings is 1. The molecule has 2 N–H and O–H groups in total. The minimum atomic E-state index is -0.558. The molecule has 0 saturated carbocycles. The van der Waals surface area contributed by atoms with Gasteiger partial charge in [0, 0.05) is 23.5 Å². The molecule has 0 atom stereocenters. The predicted octanol–water partition coefficient (Wildman–Crippen LogP) is 2.55. The van der Waals surface area contributed by atoms with Crippen molar-refractivity contribution in [2.24, 2.45) is 5.10 Å². The maximum Gasteiger partial charge on any atom is 0.213 e. The van der Waals surface area contributed by atoms with Gasteiger partial charge in [0.2, 0.25) is 5.95 Å². The maximum atomic E-state index is 12.9. The Morgan fingerprint density at radius 3 is 2.76 bits per heavy atom. The molecule has 5 nitrogen and oxygen atoms in total. The lowest BCUT2D eigenvalue weighted by Crippen LogP contribution is -2.23. The van der Waals surface area contributed by atoms with Gasteiger partial charge in [-0.25, -0.2) is 4.98 Å². The smallest absolute Gasteiger partial charge is 0.213 e. The summed E-state index contributed by atoms with van der Waals surface area (Å²) in [4.78, 5) is 3.46. The minimum absolute atomic E-state index is 0.325. The number of halogens is 1. The summed E-state index contributed by atoms with van der Waals surface area (Å²) in [5, 5.41) is 7.20. The number of hydrazone groups is 1. The lowest BCUT2D eigenvalue weighted by Gasteiger charge is -2.07. The predicted molar refractivity (Wildman–Crippen MR) is 84.1 cm³/mol. The second kappa shape index (κ2) is 7.30. The summed E-state index contributed by atoms with van der Waals surface area (Å²) < 4.78 is 17.9. The highest BCUT2D eigenvalue weighted by Gasteiger charge is 1.97. The molecule has 108 valence electrons. The van der Waals surface area contributed by atoms with Gasteiger partial charge in [0.1, 0.15) is 5.75 Å². The first-order valence-corrected chi connectivity index (χ1v) is 6.44. The molecule has 0 spiro atoms. The Hall–Kier alpha value is -2.54. The van der Waals surface area contributed by atoms with Crippen molar-refractivity contribution in [3.63, 3.8) is 0 Å². The van der Waals surface area contributed by atoms with Crippen molar-refractivity contribution in [2.75, 3.05) is 12.4 Å². The summed E-state index contributed by atoms with van der Waals surface area (Å²) in [6, 6.07) is 10.2. The molecule has 2 rings (SSSR count). The second-order valence-electron chi connectivity index (χ2n) is 3.96. The van der Waals surface area contributed by atoms with Crippen LogP contribution in [0.1, 0.15) is 5.56 Å². The summed E-state index contributed by atoms with van der Waals surface area (Å²) >= 11 is 5.08. The lowest BCUT2D eigenvalue weighted by atomic mass is 10.3. The summed E-state index contributed by atoms with van der Waals surface area (Å²) in [7, 11) is 1.60. The van der Waals surface area contributed by atoms with Crippen LogP contribution in [0.25, 0.3) is 0 Å². The Morgan fingerprint density at radius 1 is 1.33 bits per heavy atom. The second-order valence-corrected chi connectivity index (χ2v) is 4.37. The van der Waals surface area contributed by atoms with Crippen molar-refractivity contribution >= 4 is 29.2 Å². The van der Waals surface area contributed by atoms with E-state index in [1.54, 1.807) is 13.2 Å². The molecule has 7 heteroatoms. The summed E-state index contributed by atoms with van der Waals surface area (Å²) in [5.41, 5.74) is 4.03. The molecule has 1 aromatic carbocycles. The summed E-state index contributed by atoms with van der Waals surface area (Å²) in [6.45, 7) is 0. The van der Waals surface area contributed by atoms with Crippen molar-refractivity contribution in [3.8, 4) is 5.75 Å². The number of methoxy groups -OCH3 is 1. The molecule has 0 radical (unpaired) electrons. The van der Waals surface area contributed by atoms with Gasteiger partial charge in [0.15, 0.2) is 5.11 Å². The zero-order valence-electron chi connectivity index (χ0n) is 11.2. The van der Waals surface area contributed by atoms with E-state index < -0.39 is 5.95 Å². The molecule has 0 amide bonds. The highest BCUT2D eigenvalue weighted by molar-refractivity contribution is 7.80. The average Bonchev–Trinajstić information content (AvgIpc) is 2.48. The van der Waals surface area contributed by atoms with Crippen LogP contribution in [0.2, 0.25) is 0 Å². The van der Waals surface area contributed by atoms with Gasteiger partial charge in [-0.15, -0.1) is 0 Å². The molecule has 1 aromatic heterocycles. The van der Waals surface area contributed by atoms with Crippen molar-refractivity contribution < 1.29 is 9.13 Å². The van der Waals surface area contributed by atoms with E-state index in [4.69, 9.17) is 17.0 Å². The van der Waals surface area contributed by atoms with Gasteiger partial charge in [0.25, 0.3) is 0 Å². The van der Waals surface area contributed by atoms with E-state index in [0.717, 1.165) is 11.4 Å². The number of ether oxygens (including phenoxy) is 1. The van der Waals surface area contributed by atoms with Crippen LogP contribution >= 0.6 is 12.2 Å². The number of anilines is 1. The Kier molecular flexibility index (Phi) is 5.16. The van der Waals surface area contributed by atoms with Gasteiger partial charge in [-0.05, 0) is 42.5 Å². The quantitative estimate of drug-likeness (QED) is 0.393. The van der Waals surface area contributed by atoms with E-state index in [1.165, 1.54) is 18.5 Å². The molecular formula is C14H13FN4OS. The highest BCUT2D eigenvalue weighted by atomic mass is 32.1. The van der Waals surface area contributed by atoms with Crippen LogP contribution in [0.5, 0.6) is 5.75 Å². The van der Waals surface area contributed by atoms with E-state index >= 15 is 0 Å². The van der Waals surface area contributed by atoms with Gasteiger partial charge in [-0.1, -0.05) is 0 Å². The summed E-state index contributed by atoms with van der Waals surface area (Å²) in [6.07, 6.45) is 2.82. The molecule has 0 aliphatic heterocycles. The fourth-order valence-corrected chi connectivity index (χ4v) is 1.67. The Bertz CT molecular complexity index is 646. The molecule has 0 aliphatic rings. The number of rotatable bonds is 4. The number of hydrogen-bond acceptors (Lipinski definition) is 4. The number of hydrogen-bond donors (Lipinski definition) is 2. The standard InChI is InChI=1S/C14H13FN4OS/c1-20-12-4-2-11(3-5-12)18-14(21)19-17-9-10-6-7-16-13(15)8-10/h2-9H,1H3,(H2,18,19,21)/b17-9+. The molecule has 1 heterocycles. The molecule has 0 saturated heterocycles. The van der Waals surface area contributed by atoms with E-state index in [2.05, 4.69) is 20.8 Å². The minimum Gasteiger partial charge on any atom is -0.497 e. The molecule has 0 bridgehead atoms. The average molecular weight is 304 g/mol. The normalized spacial score (nSPS) is 10.4. The molecule has 0 unspecified atom stereocenters. The Morgan fingerprint density at radius 2 is 2.10 bits per heavy atom. The van der Waals surface area contributed by atoms with Crippen LogP contribution < -0.4 is 15.5 Å². The van der Waals surface area contributed by atoms with Gasteiger partial charge in [0.05, 0.1) is 13.3 Å². The van der Waals surface area contributed by atoms with Crippen molar-refractivity contribution in [2.45, 2.75) is 0 Å². The zero-order chi connectivity index (χ0) is 15.1. The Labute approximate surface area is 126 Å². The van der Waals surface area contributed by atoms with E-state index in [-0.39, 0.29) is 0 Å². The Balaban J connectivity index is 1.86. The van der Waals surface area contributed by atoms with Crippen LogP contribution in [0, 0.1) is 5.95 Å². The third-order valence-corrected chi connectivity index (χ3v) is 2.67. The topological polar surface area (TPSA) is 58.5 Å². The fourth-order valence-electron chi connectivity index (χ4n) is 1.50. The monoisotopic (exact) mass is 304 g/mol. The van der Waals surface area contributed by atoms with Gasteiger partial charge in [-0.3, -0.25) is 5.43 Å². The van der Waals surface area contributed by atoms with Crippen LogP contribution in [-0.4, -0.2) is 23.4 Å². The van der Waals surface area contributed by atoms with Crippen LogP contribution in [-0.2, 0) is 0 Å². The van der Waals surface area contributed by atoms with Crippen molar-refractivity contribution in [1.29, 1.82) is 0 Å². The number of nitrogens with one attached hydrogen (secondary N) is 2. The fraction of sp³-hybridized carbons (Fsp3) is 0.0714. The zero-order valence-corrected chi connectivity index (χ0v) is 12.0. The largest absolute Gasteiger partial charge is 0.497 e. The number of nitrogens with zero attached hydrogens (tertiary/aromatic N) is 2. The molecule has 2 aromatic rings. The van der Waals surface area contributed by atoms with Crippen LogP contribution in [0.15, 0.2) is 47.7 Å². The molecule has 0 aliphatic carbocycles. The van der Waals surface area contributed by atoms with E-state index in [1.807, 2.05) is 24.3 Å². The van der Waals surface area contributed by atoms with Gasteiger partial charge in [-0.2, -0.15) is 9.49 Å². The third kappa shape index (κ3) is 4.81. The number of benzene rings is 1. The number of aromatic nitrogens is 1. The first-order valence-electron chi connectivity index (χ1n) is 6.03. The van der Waals surface area contributed by atoms with Gasteiger partial charge >= 0.3 is 0 Å². The van der Waals surface area contributed by atoms with Crippen molar-refractivity contribution in [1.82, 2.24) is 10.4 Å². The van der Waals surface area contributed by atoms with Crippen molar-refractivity contribution in [3.05, 3.63) is 54.1 Å². The van der Waals surface area contributed by atoms with E-state index in [0.29, 0.717) is 10.7 Å². The third-order valence-electron chi connectivity index (χ3n) is 2.48. The van der Waals surface area contributed by atoms with E-state index in [9.17, 15) is 4.39 Å². The number of thiocarbonyl (C=S) groups is 1. The van der Waals surface area contributed by atoms with Crippen LogP contribution in [0.4, 0.5) is 10.1 Å². The molecular weight excluding hydrogens is 291 g/mol.